The topological polar surface area (TPSA) is 58.2 Å². The van der Waals surface area contributed by atoms with Gasteiger partial charge in [0.05, 0.1) is 5.75 Å². The second-order valence-corrected chi connectivity index (χ2v) is 9.20. The molecule has 23 heavy (non-hydrogen) atoms. The summed E-state index contributed by atoms with van der Waals surface area (Å²) < 4.78 is 0. The van der Waals surface area contributed by atoms with Gasteiger partial charge in [0, 0.05) is 6.42 Å². The molecule has 0 aliphatic heterocycles. The number of unbranched alkanes of at least 4 members (excludes halogenated alkanes) is 1. The quantitative estimate of drug-likeness (QED) is 0.553. The summed E-state index contributed by atoms with van der Waals surface area (Å²) in [5, 5.41) is 0. The van der Waals surface area contributed by atoms with E-state index in [0.717, 1.165) is 36.3 Å². The van der Waals surface area contributed by atoms with Crippen LogP contribution >= 0.6 is 11.8 Å². The van der Waals surface area contributed by atoms with Gasteiger partial charge in [0.25, 0.3) is 0 Å². The van der Waals surface area contributed by atoms with Gasteiger partial charge in [-0.05, 0) is 73.9 Å². The molecule has 2 N–H and O–H groups in total. The highest BCUT2D eigenvalue weighted by Crippen LogP contribution is 2.61. The van der Waals surface area contributed by atoms with Crippen molar-refractivity contribution in [2.24, 2.45) is 23.2 Å². The average Bonchev–Trinajstić information content (AvgIpc) is 2.48. The van der Waals surface area contributed by atoms with E-state index < -0.39 is 0 Å². The lowest BCUT2D eigenvalue weighted by molar-refractivity contribution is -0.133. The maximum atomic E-state index is 12.3. The molecule has 0 aromatic heterocycles. The van der Waals surface area contributed by atoms with E-state index in [1.54, 1.807) is 11.8 Å². The summed E-state index contributed by atoms with van der Waals surface area (Å²) in [5.41, 5.74) is 5.46. The normalized spacial score (nSPS) is 34.4. The predicted molar refractivity (Wildman–Crippen MR) is 93.7 cm³/mol. The van der Waals surface area contributed by atoms with Crippen molar-refractivity contribution in [3.8, 4) is 0 Å². The van der Waals surface area contributed by atoms with E-state index in [4.69, 9.17) is 0 Å². The highest BCUT2D eigenvalue weighted by atomic mass is 32.2. The van der Waals surface area contributed by atoms with Crippen LogP contribution in [0.1, 0.15) is 64.7 Å². The fraction of sp³-hybridized carbons (Fsp3) is 0.889. The third-order valence-corrected chi connectivity index (χ3v) is 6.96. The summed E-state index contributed by atoms with van der Waals surface area (Å²) in [5.74, 6) is 3.92. The van der Waals surface area contributed by atoms with E-state index in [-0.39, 0.29) is 17.2 Å². The van der Waals surface area contributed by atoms with Gasteiger partial charge in [-0.15, -0.1) is 0 Å². The summed E-state index contributed by atoms with van der Waals surface area (Å²) in [7, 11) is 0. The molecule has 4 rings (SSSR count). The number of thioether (sulfide) groups is 1. The molecule has 4 aliphatic carbocycles. The van der Waals surface area contributed by atoms with E-state index in [0.29, 0.717) is 12.2 Å². The number of nitrogens with one attached hydrogen (secondary N) is 2. The molecule has 2 amide bonds. The van der Waals surface area contributed by atoms with Crippen molar-refractivity contribution in [1.82, 2.24) is 10.9 Å². The Balaban J connectivity index is 1.39. The van der Waals surface area contributed by atoms with Gasteiger partial charge in [-0.2, -0.15) is 11.8 Å². The molecule has 0 aromatic carbocycles. The Morgan fingerprint density at radius 3 is 2.13 bits per heavy atom. The van der Waals surface area contributed by atoms with Gasteiger partial charge in [-0.3, -0.25) is 20.4 Å². The van der Waals surface area contributed by atoms with Crippen molar-refractivity contribution >= 4 is 23.6 Å². The molecule has 0 aromatic rings. The largest absolute Gasteiger partial charge is 0.273 e. The number of amides is 2. The molecule has 0 unspecified atom stereocenters. The van der Waals surface area contributed by atoms with Crippen LogP contribution in [0.4, 0.5) is 0 Å². The van der Waals surface area contributed by atoms with Crippen LogP contribution in [-0.4, -0.2) is 23.3 Å². The Labute approximate surface area is 143 Å². The van der Waals surface area contributed by atoms with Gasteiger partial charge in [-0.1, -0.05) is 13.3 Å². The number of hydrazine groups is 1. The number of carbonyl (C=O) groups is 2. The molecule has 0 heterocycles. The number of hydrogen-bond acceptors (Lipinski definition) is 3. The van der Waals surface area contributed by atoms with Crippen LogP contribution in [0, 0.1) is 23.2 Å². The molecule has 5 heteroatoms. The lowest BCUT2D eigenvalue weighted by Gasteiger charge is -2.56. The van der Waals surface area contributed by atoms with Gasteiger partial charge in [0.1, 0.15) is 0 Å². The van der Waals surface area contributed by atoms with Crippen molar-refractivity contribution in [1.29, 1.82) is 0 Å². The molecular weight excluding hydrogens is 308 g/mol. The molecule has 4 nitrogen and oxygen atoms in total. The van der Waals surface area contributed by atoms with E-state index in [1.165, 1.54) is 38.5 Å². The minimum absolute atomic E-state index is 0.00106. The minimum atomic E-state index is -0.0926. The van der Waals surface area contributed by atoms with E-state index in [9.17, 15) is 9.59 Å². The van der Waals surface area contributed by atoms with E-state index in [1.807, 2.05) is 0 Å². The first-order valence-corrected chi connectivity index (χ1v) is 10.4. The molecule has 0 saturated heterocycles. The fourth-order valence-electron chi connectivity index (χ4n) is 5.48. The first-order chi connectivity index (χ1) is 11.1. The van der Waals surface area contributed by atoms with Crippen LogP contribution in [0.5, 0.6) is 0 Å². The molecular formula is C18H30N2O2S. The lowest BCUT2D eigenvalue weighted by atomic mass is 9.49. The summed E-state index contributed by atoms with van der Waals surface area (Å²) in [6, 6.07) is 0. The third-order valence-electron chi connectivity index (χ3n) is 5.92. The zero-order valence-corrected chi connectivity index (χ0v) is 15.1. The van der Waals surface area contributed by atoms with Gasteiger partial charge < -0.3 is 0 Å². The molecule has 4 saturated carbocycles. The Morgan fingerprint density at radius 2 is 1.57 bits per heavy atom. The van der Waals surface area contributed by atoms with Gasteiger partial charge in [0.15, 0.2) is 0 Å². The molecule has 130 valence electrons. The van der Waals surface area contributed by atoms with Crippen molar-refractivity contribution in [2.75, 3.05) is 11.5 Å². The predicted octanol–water partition coefficient (Wildman–Crippen LogP) is 3.27. The summed E-state index contributed by atoms with van der Waals surface area (Å²) >= 11 is 1.63. The molecule has 0 atom stereocenters. The Bertz CT molecular complexity index is 417. The second-order valence-electron chi connectivity index (χ2n) is 8.10. The molecule has 4 aliphatic rings. The third kappa shape index (κ3) is 4.43. The maximum absolute atomic E-state index is 12.3. The summed E-state index contributed by atoms with van der Waals surface area (Å²) in [6.45, 7) is 2.14. The van der Waals surface area contributed by atoms with E-state index >= 15 is 0 Å². The van der Waals surface area contributed by atoms with Crippen molar-refractivity contribution in [2.45, 2.75) is 64.7 Å². The summed E-state index contributed by atoms with van der Waals surface area (Å²) in [4.78, 5) is 24.0. The standard InChI is InChI=1S/C18H30N2O2S/c1-2-3-4-23-12-17(22)20-19-16(21)11-18-8-13-5-14(9-18)7-15(6-13)10-18/h13-15H,2-12H2,1H3,(H,19,21)(H,20,22). The highest BCUT2D eigenvalue weighted by Gasteiger charge is 2.51. The lowest BCUT2D eigenvalue weighted by Crippen LogP contribution is -2.50. The van der Waals surface area contributed by atoms with Crippen LogP contribution in [0.3, 0.4) is 0 Å². The number of hydrogen-bond donors (Lipinski definition) is 2. The van der Waals surface area contributed by atoms with Crippen molar-refractivity contribution < 1.29 is 9.59 Å². The molecule has 0 radical (unpaired) electrons. The van der Waals surface area contributed by atoms with Crippen molar-refractivity contribution in [3.63, 3.8) is 0 Å². The number of carbonyl (C=O) groups excluding carboxylic acids is 2. The van der Waals surface area contributed by atoms with Crippen LogP contribution in [-0.2, 0) is 9.59 Å². The average molecular weight is 339 g/mol. The Kier molecular flexibility index (Phi) is 5.55. The number of rotatable bonds is 7. The first kappa shape index (κ1) is 17.1. The van der Waals surface area contributed by atoms with Gasteiger partial charge >= 0.3 is 0 Å². The maximum Gasteiger partial charge on any atom is 0.248 e. The van der Waals surface area contributed by atoms with E-state index in [2.05, 4.69) is 17.8 Å². The van der Waals surface area contributed by atoms with Gasteiger partial charge in [0.2, 0.25) is 11.8 Å². The first-order valence-electron chi connectivity index (χ1n) is 9.24. The SMILES string of the molecule is CCCCSCC(=O)NNC(=O)CC12CC3CC(CC(C3)C1)C2. The summed E-state index contributed by atoms with van der Waals surface area (Å²) in [6.07, 6.45) is 10.8. The molecule has 0 spiro atoms. The van der Waals surface area contributed by atoms with Gasteiger partial charge in [-0.25, -0.2) is 0 Å². The van der Waals surface area contributed by atoms with Crippen LogP contribution in [0.15, 0.2) is 0 Å². The molecule has 4 fully saturated rings. The van der Waals surface area contributed by atoms with Crippen molar-refractivity contribution in [3.05, 3.63) is 0 Å². The fourth-order valence-corrected chi connectivity index (χ4v) is 6.37. The smallest absolute Gasteiger partial charge is 0.248 e. The molecule has 4 bridgehead atoms. The highest BCUT2D eigenvalue weighted by molar-refractivity contribution is 7.99. The van der Waals surface area contributed by atoms with Crippen LogP contribution in [0.2, 0.25) is 0 Å². The zero-order chi connectivity index (χ0) is 16.3. The van der Waals surface area contributed by atoms with Crippen LogP contribution < -0.4 is 10.9 Å². The van der Waals surface area contributed by atoms with Crippen LogP contribution in [0.25, 0.3) is 0 Å². The minimum Gasteiger partial charge on any atom is -0.273 e. The Hall–Kier alpha value is -0.710. The monoisotopic (exact) mass is 338 g/mol. The second kappa shape index (κ2) is 7.45. The Morgan fingerprint density at radius 1 is 1.00 bits per heavy atom. The zero-order valence-electron chi connectivity index (χ0n) is 14.2.